The lowest BCUT2D eigenvalue weighted by Crippen LogP contribution is -2.25. The maximum atomic E-state index is 6.33. The van der Waals surface area contributed by atoms with Gasteiger partial charge in [0.05, 0.1) is 26.4 Å². The summed E-state index contributed by atoms with van der Waals surface area (Å²) < 4.78 is 40.1. The van der Waals surface area contributed by atoms with E-state index in [0.717, 1.165) is 0 Å². The fourth-order valence-corrected chi connectivity index (χ4v) is 12.9. The maximum Gasteiger partial charge on any atom is 0.354 e. The van der Waals surface area contributed by atoms with Crippen LogP contribution in [0.5, 0.6) is 0 Å². The minimum absolute atomic E-state index is 0.437. The highest BCUT2D eigenvalue weighted by molar-refractivity contribution is 7.66. The zero-order valence-electron chi connectivity index (χ0n) is 17.7. The zero-order chi connectivity index (χ0) is 19.8. The molecule has 0 unspecified atom stereocenters. The summed E-state index contributed by atoms with van der Waals surface area (Å²) in [6, 6.07) is 0. The highest BCUT2D eigenvalue weighted by Crippen LogP contribution is 2.68. The van der Waals surface area contributed by atoms with Gasteiger partial charge in [0.2, 0.25) is 0 Å². The predicted octanol–water partition coefficient (Wildman–Crippen LogP) is 6.71. The summed E-state index contributed by atoms with van der Waals surface area (Å²) in [5, 5.41) is 0. The van der Waals surface area contributed by atoms with E-state index < -0.39 is 31.9 Å². The van der Waals surface area contributed by atoms with Gasteiger partial charge in [-0.25, -0.2) is 0 Å². The van der Waals surface area contributed by atoms with Crippen molar-refractivity contribution in [3.05, 3.63) is 0 Å². The van der Waals surface area contributed by atoms with E-state index in [4.69, 9.17) is 31.2 Å². The molecule has 0 N–H and O–H groups in total. The van der Waals surface area contributed by atoms with Crippen LogP contribution in [0, 0.1) is 0 Å². The van der Waals surface area contributed by atoms with Gasteiger partial charge in [-0.1, -0.05) is 0 Å². The van der Waals surface area contributed by atoms with E-state index in [1.165, 1.54) is 0 Å². The average molecular weight is 433 g/mol. The third-order valence-electron chi connectivity index (χ3n) is 2.22. The van der Waals surface area contributed by atoms with Gasteiger partial charge in [-0.05, 0) is 67.0 Å². The van der Waals surface area contributed by atoms with Crippen LogP contribution in [-0.4, -0.2) is 43.0 Å². The third kappa shape index (κ3) is 10.6. The Balaban J connectivity index is 6.59. The molecule has 0 aliphatic heterocycles. The van der Waals surface area contributed by atoms with Gasteiger partial charge < -0.3 is 22.3 Å². The molecule has 0 atom stereocenters. The highest BCUT2D eigenvalue weighted by Gasteiger charge is 2.37. The molecule has 0 radical (unpaired) electrons. The van der Waals surface area contributed by atoms with Crippen LogP contribution in [-0.2, 0) is 22.3 Å². The van der Waals surface area contributed by atoms with Crippen LogP contribution in [0.4, 0.5) is 0 Å². The topological polar surface area (TPSA) is 70.9 Å². The molecule has 0 aliphatic carbocycles. The summed E-state index contributed by atoms with van der Waals surface area (Å²) in [4.78, 5) is 0. The van der Waals surface area contributed by atoms with Crippen molar-refractivity contribution in [2.75, 3.05) is 26.4 Å². The molecule has 0 aliphatic rings. The number of rotatable bonds is 12. The lowest BCUT2D eigenvalue weighted by atomic mass is 10.9. The van der Waals surface area contributed by atoms with Crippen molar-refractivity contribution in [1.29, 1.82) is 0 Å². The van der Waals surface area contributed by atoms with E-state index in [1.807, 2.05) is 27.7 Å². The molecule has 25 heavy (non-hydrogen) atoms. The summed E-state index contributed by atoms with van der Waals surface area (Å²) in [5.74, 6) is 0. The molecule has 0 fully saturated rings. The molecule has 0 bridgehead atoms. The summed E-state index contributed by atoms with van der Waals surface area (Å²) in [6.07, 6.45) is 0. The van der Waals surface area contributed by atoms with Crippen LogP contribution in [0.3, 0.4) is 0 Å². The largest absolute Gasteiger partial charge is 0.354 e. The number of hydrogen-bond donors (Lipinski definition) is 0. The van der Waals surface area contributed by atoms with Crippen LogP contribution in [0.2, 0.25) is 39.3 Å². The zero-order valence-corrected chi connectivity index (χ0v) is 21.4. The molecule has 152 valence electrons. The smallest absolute Gasteiger partial charge is 0.345 e. The number of nitrogens with zero attached hydrogens (tertiary/aromatic N) is 2. The summed E-state index contributed by atoms with van der Waals surface area (Å²) in [5.41, 5.74) is 0. The van der Waals surface area contributed by atoms with Gasteiger partial charge >= 0.3 is 15.4 Å². The molecule has 0 heterocycles. The Labute approximate surface area is 156 Å². The van der Waals surface area contributed by atoms with Crippen molar-refractivity contribution < 1.29 is 22.3 Å². The minimum atomic E-state index is -2.97. The third-order valence-corrected chi connectivity index (χ3v) is 12.9. The lowest BCUT2D eigenvalue weighted by molar-refractivity contribution is 0.204. The monoisotopic (exact) mass is 432 g/mol. The van der Waals surface area contributed by atoms with Crippen molar-refractivity contribution in [3.63, 3.8) is 0 Å². The van der Waals surface area contributed by atoms with Gasteiger partial charge in [-0.3, -0.25) is 4.41 Å². The molecule has 0 saturated heterocycles. The molecule has 0 spiro atoms. The highest BCUT2D eigenvalue weighted by atomic mass is 31.2. The Morgan fingerprint density at radius 3 is 1.36 bits per heavy atom. The second kappa shape index (κ2) is 10.9. The first kappa shape index (κ1) is 25.7. The van der Waals surface area contributed by atoms with Crippen LogP contribution < -0.4 is 0 Å². The quantitative estimate of drug-likeness (QED) is 0.253. The van der Waals surface area contributed by atoms with E-state index in [2.05, 4.69) is 39.3 Å². The Hall–Kier alpha value is 0.694. The second-order valence-electron chi connectivity index (χ2n) is 7.19. The van der Waals surface area contributed by atoms with E-state index in [0.29, 0.717) is 26.4 Å². The molecule has 0 saturated carbocycles. The van der Waals surface area contributed by atoms with Crippen molar-refractivity contribution in [2.24, 2.45) is 8.93 Å². The second-order valence-corrected chi connectivity index (χ2v) is 21.0. The average Bonchev–Trinajstić information content (AvgIpc) is 2.35. The van der Waals surface area contributed by atoms with Crippen LogP contribution in [0.1, 0.15) is 27.7 Å². The lowest BCUT2D eigenvalue weighted by Gasteiger charge is -2.32. The first-order chi connectivity index (χ1) is 11.4. The molecule has 0 aromatic carbocycles. The molecule has 0 amide bonds. The predicted molar refractivity (Wildman–Crippen MR) is 113 cm³/mol. The fourth-order valence-electron chi connectivity index (χ4n) is 1.85. The summed E-state index contributed by atoms with van der Waals surface area (Å²) in [7, 11) is -9.71. The van der Waals surface area contributed by atoms with Gasteiger partial charge in [0.1, 0.15) is 0 Å². The van der Waals surface area contributed by atoms with E-state index in [-0.39, 0.29) is 0 Å². The molecule has 0 rings (SSSR count). The van der Waals surface area contributed by atoms with Crippen molar-refractivity contribution in [3.8, 4) is 0 Å². The van der Waals surface area contributed by atoms with Crippen molar-refractivity contribution >= 4 is 31.9 Å². The fraction of sp³-hybridized carbons (Fsp3) is 1.00. The molecule has 0 aromatic heterocycles. The minimum Gasteiger partial charge on any atom is -0.345 e. The maximum absolute atomic E-state index is 6.33. The Kier molecular flexibility index (Phi) is 11.2. The summed E-state index contributed by atoms with van der Waals surface area (Å²) >= 11 is 0. The van der Waals surface area contributed by atoms with Gasteiger partial charge in [-0.2, -0.15) is 0 Å². The summed E-state index contributed by atoms with van der Waals surface area (Å²) in [6.45, 7) is 22.1. The van der Waals surface area contributed by atoms with Gasteiger partial charge in [0.15, 0.2) is 16.6 Å². The van der Waals surface area contributed by atoms with E-state index in [9.17, 15) is 0 Å². The Bertz CT molecular complexity index is 484. The Morgan fingerprint density at radius 1 is 0.680 bits per heavy atom. The number of hydrogen-bond acceptors (Lipinski definition) is 6. The van der Waals surface area contributed by atoms with Gasteiger partial charge in [0.25, 0.3) is 0 Å². The van der Waals surface area contributed by atoms with Crippen LogP contribution in [0.25, 0.3) is 0 Å². The van der Waals surface area contributed by atoms with E-state index >= 15 is 0 Å². The van der Waals surface area contributed by atoms with Crippen LogP contribution >= 0.6 is 15.4 Å². The van der Waals surface area contributed by atoms with Crippen molar-refractivity contribution in [2.45, 2.75) is 67.0 Å². The first-order valence-corrected chi connectivity index (χ1v) is 18.8. The first-order valence-electron chi connectivity index (χ1n) is 8.92. The molecule has 0 aromatic rings. The molecular formula is C14H38N2O5P2Si2. The molecular weight excluding hydrogens is 394 g/mol. The van der Waals surface area contributed by atoms with Gasteiger partial charge in [0, 0.05) is 0 Å². The van der Waals surface area contributed by atoms with Crippen molar-refractivity contribution in [1.82, 2.24) is 0 Å². The molecule has 7 nitrogen and oxygen atoms in total. The Morgan fingerprint density at radius 2 is 1.08 bits per heavy atom. The normalized spacial score (nSPS) is 13.8. The standard InChI is InChI=1S/C14H38N2O5P2Si2/c1-11-17-22(18-12-2,16-24(5,6)7)15-23(19-13-3,20-14-4)21-25(8,9)10/h11-14H2,1-10H3. The van der Waals surface area contributed by atoms with E-state index in [1.54, 1.807) is 0 Å². The van der Waals surface area contributed by atoms with Gasteiger partial charge in [-0.15, -0.1) is 4.52 Å². The molecule has 11 heteroatoms. The SMILES string of the molecule is CCOP(=N[Si](C)(C)C)(N=P(OCC)(OCC)O[Si](C)(C)C)OCC. The van der Waals surface area contributed by atoms with Crippen LogP contribution in [0.15, 0.2) is 8.93 Å².